The summed E-state index contributed by atoms with van der Waals surface area (Å²) in [5.41, 5.74) is 0. The van der Waals surface area contributed by atoms with Gasteiger partial charge < -0.3 is 4.74 Å². The van der Waals surface area contributed by atoms with Crippen molar-refractivity contribution in [2.75, 3.05) is 12.4 Å². The van der Waals surface area contributed by atoms with E-state index < -0.39 is 10.0 Å². The first-order valence-electron chi connectivity index (χ1n) is 5.97. The lowest BCUT2D eigenvalue weighted by atomic mass is 10.2. The van der Waals surface area contributed by atoms with E-state index in [0.717, 1.165) is 19.3 Å². The summed E-state index contributed by atoms with van der Waals surface area (Å²) in [7, 11) is -3.35. The SMILES string of the molecule is NS(=O)(=O)CCCCCCOc1ccc(Br)c(F)c1. The van der Waals surface area contributed by atoms with E-state index in [1.54, 1.807) is 12.1 Å². The van der Waals surface area contributed by atoms with Crippen molar-refractivity contribution < 1.29 is 17.5 Å². The van der Waals surface area contributed by atoms with E-state index in [0.29, 0.717) is 23.2 Å². The number of sulfonamides is 1. The van der Waals surface area contributed by atoms with Gasteiger partial charge >= 0.3 is 0 Å². The van der Waals surface area contributed by atoms with Gasteiger partial charge in [-0.25, -0.2) is 17.9 Å². The average Bonchev–Trinajstić information content (AvgIpc) is 2.31. The van der Waals surface area contributed by atoms with E-state index in [-0.39, 0.29) is 11.6 Å². The number of ether oxygens (including phenoxy) is 1. The Bertz CT molecular complexity index is 508. The summed E-state index contributed by atoms with van der Waals surface area (Å²) in [6.07, 6.45) is 3.00. The first-order chi connectivity index (χ1) is 8.88. The van der Waals surface area contributed by atoms with Crippen molar-refractivity contribution in [1.29, 1.82) is 0 Å². The predicted molar refractivity (Wildman–Crippen MR) is 76.0 cm³/mol. The van der Waals surface area contributed by atoms with Crippen LogP contribution in [0, 0.1) is 5.82 Å². The molecule has 0 radical (unpaired) electrons. The molecular weight excluding hydrogens is 337 g/mol. The van der Waals surface area contributed by atoms with E-state index in [1.165, 1.54) is 6.07 Å². The van der Waals surface area contributed by atoms with Crippen molar-refractivity contribution >= 4 is 26.0 Å². The molecule has 2 N–H and O–H groups in total. The Morgan fingerprint density at radius 2 is 1.89 bits per heavy atom. The molecule has 7 heteroatoms. The van der Waals surface area contributed by atoms with E-state index >= 15 is 0 Å². The summed E-state index contributed by atoms with van der Waals surface area (Å²) >= 11 is 3.07. The monoisotopic (exact) mass is 353 g/mol. The van der Waals surface area contributed by atoms with Gasteiger partial charge in [-0.05, 0) is 40.9 Å². The lowest BCUT2D eigenvalue weighted by Crippen LogP contribution is -2.16. The summed E-state index contributed by atoms with van der Waals surface area (Å²) in [6, 6.07) is 4.61. The zero-order chi connectivity index (χ0) is 14.3. The summed E-state index contributed by atoms with van der Waals surface area (Å²) in [6.45, 7) is 0.483. The third kappa shape index (κ3) is 7.49. The van der Waals surface area contributed by atoms with Gasteiger partial charge in [0.25, 0.3) is 0 Å². The minimum Gasteiger partial charge on any atom is -0.493 e. The molecule has 0 saturated carbocycles. The molecule has 0 bridgehead atoms. The number of halogens is 2. The van der Waals surface area contributed by atoms with Gasteiger partial charge in [-0.1, -0.05) is 12.8 Å². The van der Waals surface area contributed by atoms with Crippen LogP contribution in [0.15, 0.2) is 22.7 Å². The molecule has 1 aromatic carbocycles. The van der Waals surface area contributed by atoms with Crippen LogP contribution in [-0.2, 0) is 10.0 Å². The van der Waals surface area contributed by atoms with Crippen LogP contribution in [0.25, 0.3) is 0 Å². The highest BCUT2D eigenvalue weighted by Crippen LogP contribution is 2.21. The summed E-state index contributed by atoms with van der Waals surface area (Å²) < 4.78 is 40.3. The Labute approximate surface area is 121 Å². The van der Waals surface area contributed by atoms with Crippen LogP contribution >= 0.6 is 15.9 Å². The van der Waals surface area contributed by atoms with Crippen molar-refractivity contribution in [2.24, 2.45) is 5.14 Å². The second kappa shape index (κ2) is 7.81. The zero-order valence-electron chi connectivity index (χ0n) is 10.4. The van der Waals surface area contributed by atoms with Crippen molar-refractivity contribution in [3.8, 4) is 5.75 Å². The summed E-state index contributed by atoms with van der Waals surface area (Å²) in [4.78, 5) is 0. The van der Waals surface area contributed by atoms with E-state index in [9.17, 15) is 12.8 Å². The van der Waals surface area contributed by atoms with Crippen LogP contribution in [0.2, 0.25) is 0 Å². The molecule has 108 valence electrons. The lowest BCUT2D eigenvalue weighted by molar-refractivity contribution is 0.303. The molecule has 0 heterocycles. The fourth-order valence-electron chi connectivity index (χ4n) is 1.52. The fourth-order valence-corrected chi connectivity index (χ4v) is 2.37. The molecule has 0 fully saturated rings. The zero-order valence-corrected chi connectivity index (χ0v) is 12.8. The molecule has 0 amide bonds. The number of hydrogen-bond donors (Lipinski definition) is 1. The number of benzene rings is 1. The van der Waals surface area contributed by atoms with E-state index in [2.05, 4.69) is 15.9 Å². The molecule has 0 aliphatic rings. The molecule has 0 saturated heterocycles. The number of hydrogen-bond acceptors (Lipinski definition) is 3. The first kappa shape index (κ1) is 16.4. The molecule has 0 atom stereocenters. The number of primary sulfonamides is 1. The Hall–Kier alpha value is -0.660. The van der Waals surface area contributed by atoms with Gasteiger partial charge in [-0.2, -0.15) is 0 Å². The van der Waals surface area contributed by atoms with Crippen molar-refractivity contribution in [3.63, 3.8) is 0 Å². The number of unbranched alkanes of at least 4 members (excludes halogenated alkanes) is 3. The standard InChI is InChI=1S/C12H17BrFNO3S/c13-11-6-5-10(9-12(11)14)18-7-3-1-2-4-8-19(15,16)17/h5-6,9H,1-4,7-8H2,(H2,15,16,17). The average molecular weight is 354 g/mol. The van der Waals surface area contributed by atoms with Crippen LogP contribution < -0.4 is 9.88 Å². The Balaban J connectivity index is 2.12. The Kier molecular flexibility index (Phi) is 6.74. The minimum atomic E-state index is -3.35. The minimum absolute atomic E-state index is 0.0196. The Morgan fingerprint density at radius 1 is 1.21 bits per heavy atom. The van der Waals surface area contributed by atoms with Crippen molar-refractivity contribution in [2.45, 2.75) is 25.7 Å². The topological polar surface area (TPSA) is 69.4 Å². The van der Waals surface area contributed by atoms with Gasteiger partial charge in [0, 0.05) is 6.07 Å². The normalized spacial score (nSPS) is 11.5. The third-order valence-corrected chi connectivity index (χ3v) is 3.98. The second-order valence-electron chi connectivity index (χ2n) is 4.21. The van der Waals surface area contributed by atoms with Crippen LogP contribution in [0.3, 0.4) is 0 Å². The van der Waals surface area contributed by atoms with Gasteiger partial charge in [-0.3, -0.25) is 0 Å². The highest BCUT2D eigenvalue weighted by molar-refractivity contribution is 9.10. The maximum atomic E-state index is 13.2. The molecule has 4 nitrogen and oxygen atoms in total. The molecule has 0 unspecified atom stereocenters. The molecule has 0 aliphatic carbocycles. The number of rotatable bonds is 8. The molecule has 1 aromatic rings. The first-order valence-corrected chi connectivity index (χ1v) is 8.47. The van der Waals surface area contributed by atoms with Gasteiger partial charge in [0.2, 0.25) is 10.0 Å². The maximum Gasteiger partial charge on any atom is 0.209 e. The largest absolute Gasteiger partial charge is 0.493 e. The summed E-state index contributed by atoms with van der Waals surface area (Å²) in [5, 5.41) is 4.89. The van der Waals surface area contributed by atoms with E-state index in [1.807, 2.05) is 0 Å². The summed E-state index contributed by atoms with van der Waals surface area (Å²) in [5.74, 6) is 0.155. The molecule has 0 spiro atoms. The van der Waals surface area contributed by atoms with Gasteiger partial charge in [0.05, 0.1) is 16.8 Å². The van der Waals surface area contributed by atoms with Crippen LogP contribution in [0.1, 0.15) is 25.7 Å². The third-order valence-electron chi connectivity index (χ3n) is 2.48. The smallest absolute Gasteiger partial charge is 0.209 e. The highest BCUT2D eigenvalue weighted by atomic mass is 79.9. The number of nitrogens with two attached hydrogens (primary N) is 1. The fraction of sp³-hybridized carbons (Fsp3) is 0.500. The molecular formula is C12H17BrFNO3S. The van der Waals surface area contributed by atoms with Crippen LogP contribution in [0.4, 0.5) is 4.39 Å². The molecule has 0 aromatic heterocycles. The van der Waals surface area contributed by atoms with Gasteiger partial charge in [-0.15, -0.1) is 0 Å². The molecule has 1 rings (SSSR count). The highest BCUT2D eigenvalue weighted by Gasteiger charge is 2.03. The van der Waals surface area contributed by atoms with Gasteiger partial charge in [0.1, 0.15) is 11.6 Å². The van der Waals surface area contributed by atoms with Crippen LogP contribution in [-0.4, -0.2) is 20.8 Å². The maximum absolute atomic E-state index is 13.2. The van der Waals surface area contributed by atoms with E-state index in [4.69, 9.17) is 9.88 Å². The Morgan fingerprint density at radius 3 is 2.53 bits per heavy atom. The lowest BCUT2D eigenvalue weighted by Gasteiger charge is -2.06. The van der Waals surface area contributed by atoms with Gasteiger partial charge in [0.15, 0.2) is 0 Å². The van der Waals surface area contributed by atoms with Crippen molar-refractivity contribution in [3.05, 3.63) is 28.5 Å². The molecule has 0 aliphatic heterocycles. The van der Waals surface area contributed by atoms with Crippen molar-refractivity contribution in [1.82, 2.24) is 0 Å². The second-order valence-corrected chi connectivity index (χ2v) is 6.79. The quantitative estimate of drug-likeness (QED) is 0.730. The molecule has 19 heavy (non-hydrogen) atoms. The predicted octanol–water partition coefficient (Wildman–Crippen LogP) is 2.82. The van der Waals surface area contributed by atoms with Crippen LogP contribution in [0.5, 0.6) is 5.75 Å².